The highest BCUT2D eigenvalue weighted by molar-refractivity contribution is 6.04. The highest BCUT2D eigenvalue weighted by Crippen LogP contribution is 2.31. The maximum absolute atomic E-state index is 12.6. The Kier molecular flexibility index (Phi) is 5.58. The minimum absolute atomic E-state index is 0.184. The molecular formula is C26H26N4O2. The molecule has 0 radical (unpaired) electrons. The van der Waals surface area contributed by atoms with Crippen molar-refractivity contribution in [2.75, 3.05) is 36.4 Å². The van der Waals surface area contributed by atoms with E-state index in [0.29, 0.717) is 11.5 Å². The average Bonchev–Trinajstić information content (AvgIpc) is 3.70. The quantitative estimate of drug-likeness (QED) is 0.668. The highest BCUT2D eigenvalue weighted by Gasteiger charge is 2.34. The Bertz CT molecular complexity index is 1080. The molecule has 1 aliphatic carbocycles. The summed E-state index contributed by atoms with van der Waals surface area (Å²) in [4.78, 5) is 33.5. The van der Waals surface area contributed by atoms with Crippen LogP contribution in [0.4, 0.5) is 11.5 Å². The first-order chi connectivity index (χ1) is 15.7. The van der Waals surface area contributed by atoms with Gasteiger partial charge in [-0.05, 0) is 48.2 Å². The van der Waals surface area contributed by atoms with Gasteiger partial charge in [0.25, 0.3) is 5.91 Å². The molecule has 6 nitrogen and oxygen atoms in total. The van der Waals surface area contributed by atoms with E-state index in [9.17, 15) is 9.59 Å². The summed E-state index contributed by atoms with van der Waals surface area (Å²) in [5.74, 6) is 1.23. The summed E-state index contributed by atoms with van der Waals surface area (Å²) in [6.07, 6.45) is 3.70. The van der Waals surface area contributed by atoms with Gasteiger partial charge in [-0.2, -0.15) is 0 Å². The topological polar surface area (TPSA) is 65.5 Å². The van der Waals surface area contributed by atoms with Gasteiger partial charge in [0.15, 0.2) is 0 Å². The van der Waals surface area contributed by atoms with E-state index < -0.39 is 0 Å². The monoisotopic (exact) mass is 426 g/mol. The zero-order valence-corrected chi connectivity index (χ0v) is 17.9. The number of piperazine rings is 1. The molecule has 32 heavy (non-hydrogen) atoms. The van der Waals surface area contributed by atoms with Gasteiger partial charge in [0.2, 0.25) is 5.91 Å². The van der Waals surface area contributed by atoms with Crippen LogP contribution in [0.5, 0.6) is 0 Å². The zero-order valence-electron chi connectivity index (χ0n) is 17.9. The molecule has 0 bridgehead atoms. The SMILES string of the molecule is O=C(Nc1ccc(-c2ccccc2)cc1)c1ccc(N2CCN(C(=O)C3CC3)CC2)nc1. The van der Waals surface area contributed by atoms with E-state index in [4.69, 9.17) is 0 Å². The summed E-state index contributed by atoms with van der Waals surface area (Å²) < 4.78 is 0. The van der Waals surface area contributed by atoms with Gasteiger partial charge in [0.1, 0.15) is 5.82 Å². The smallest absolute Gasteiger partial charge is 0.257 e. The molecule has 5 rings (SSSR count). The van der Waals surface area contributed by atoms with Crippen LogP contribution in [0.25, 0.3) is 11.1 Å². The Hall–Kier alpha value is -3.67. The van der Waals surface area contributed by atoms with E-state index in [1.807, 2.05) is 53.4 Å². The fraction of sp³-hybridized carbons (Fsp3) is 0.269. The highest BCUT2D eigenvalue weighted by atomic mass is 16.2. The number of benzene rings is 2. The number of hydrogen-bond acceptors (Lipinski definition) is 4. The number of hydrogen-bond donors (Lipinski definition) is 1. The molecule has 162 valence electrons. The van der Waals surface area contributed by atoms with Crippen molar-refractivity contribution in [3.63, 3.8) is 0 Å². The molecule has 1 saturated carbocycles. The van der Waals surface area contributed by atoms with Crippen LogP contribution < -0.4 is 10.2 Å². The maximum atomic E-state index is 12.6. The molecule has 1 aromatic heterocycles. The van der Waals surface area contributed by atoms with Crippen LogP contribution in [-0.4, -0.2) is 47.9 Å². The first-order valence-corrected chi connectivity index (χ1v) is 11.1. The lowest BCUT2D eigenvalue weighted by Gasteiger charge is -2.35. The van der Waals surface area contributed by atoms with Crippen LogP contribution in [-0.2, 0) is 4.79 Å². The van der Waals surface area contributed by atoms with E-state index in [1.54, 1.807) is 12.3 Å². The third-order valence-electron chi connectivity index (χ3n) is 6.10. The molecule has 0 unspecified atom stereocenters. The molecule has 2 fully saturated rings. The zero-order chi connectivity index (χ0) is 21.9. The lowest BCUT2D eigenvalue weighted by molar-refractivity contribution is -0.132. The molecule has 2 aromatic carbocycles. The van der Waals surface area contributed by atoms with Gasteiger partial charge in [-0.1, -0.05) is 42.5 Å². The van der Waals surface area contributed by atoms with Crippen molar-refractivity contribution in [1.29, 1.82) is 0 Å². The minimum Gasteiger partial charge on any atom is -0.353 e. The summed E-state index contributed by atoms with van der Waals surface area (Å²) in [6.45, 7) is 3.01. The Morgan fingerprint density at radius 1 is 0.812 bits per heavy atom. The van der Waals surface area contributed by atoms with E-state index in [2.05, 4.69) is 27.3 Å². The third kappa shape index (κ3) is 4.49. The molecule has 2 heterocycles. The number of carbonyl (C=O) groups is 2. The number of aromatic nitrogens is 1. The van der Waals surface area contributed by atoms with E-state index in [1.165, 1.54) is 0 Å². The molecular weight excluding hydrogens is 400 g/mol. The van der Waals surface area contributed by atoms with E-state index in [-0.39, 0.29) is 11.8 Å². The van der Waals surface area contributed by atoms with E-state index in [0.717, 1.165) is 61.7 Å². The summed E-state index contributed by atoms with van der Waals surface area (Å²) >= 11 is 0. The molecule has 3 aromatic rings. The number of pyridine rings is 1. The van der Waals surface area contributed by atoms with Crippen LogP contribution in [0, 0.1) is 5.92 Å². The number of anilines is 2. The lowest BCUT2D eigenvalue weighted by atomic mass is 10.1. The molecule has 2 aliphatic rings. The number of rotatable bonds is 5. The summed E-state index contributed by atoms with van der Waals surface area (Å²) in [5.41, 5.74) is 3.51. The third-order valence-corrected chi connectivity index (χ3v) is 6.10. The minimum atomic E-state index is -0.184. The summed E-state index contributed by atoms with van der Waals surface area (Å²) in [7, 11) is 0. The first kappa shape index (κ1) is 20.2. The predicted octanol–water partition coefficient (Wildman–Crippen LogP) is 4.06. The van der Waals surface area contributed by atoms with Gasteiger partial charge in [-0.25, -0.2) is 4.98 Å². The number of nitrogens with zero attached hydrogens (tertiary/aromatic N) is 3. The van der Waals surface area contributed by atoms with Crippen LogP contribution in [0.15, 0.2) is 72.9 Å². The lowest BCUT2D eigenvalue weighted by Crippen LogP contribution is -2.49. The number of amides is 2. The molecule has 0 spiro atoms. The molecule has 2 amide bonds. The van der Waals surface area contributed by atoms with E-state index >= 15 is 0 Å². The normalized spacial score (nSPS) is 16.0. The summed E-state index contributed by atoms with van der Waals surface area (Å²) in [5, 5.41) is 2.93. The fourth-order valence-electron chi connectivity index (χ4n) is 4.03. The number of carbonyl (C=O) groups excluding carboxylic acids is 2. The van der Waals surface area contributed by atoms with Gasteiger partial charge >= 0.3 is 0 Å². The van der Waals surface area contributed by atoms with Gasteiger partial charge in [-0.15, -0.1) is 0 Å². The molecule has 1 N–H and O–H groups in total. The molecule has 1 aliphatic heterocycles. The van der Waals surface area contributed by atoms with Crippen molar-refractivity contribution < 1.29 is 9.59 Å². The average molecular weight is 427 g/mol. The van der Waals surface area contributed by atoms with Gasteiger partial charge in [-0.3, -0.25) is 9.59 Å². The van der Waals surface area contributed by atoms with Crippen molar-refractivity contribution in [1.82, 2.24) is 9.88 Å². The second kappa shape index (κ2) is 8.83. The standard InChI is InChI=1S/C26H26N4O2/c31-25(28-23-11-8-20(9-12-23)19-4-2-1-3-5-19)22-10-13-24(27-18-22)29-14-16-30(17-15-29)26(32)21-6-7-21/h1-5,8-13,18,21H,6-7,14-17H2,(H,28,31). The van der Waals surface area contributed by atoms with Crippen molar-refractivity contribution in [2.24, 2.45) is 5.92 Å². The van der Waals surface area contributed by atoms with Crippen LogP contribution in [0.1, 0.15) is 23.2 Å². The molecule has 6 heteroatoms. The van der Waals surface area contributed by atoms with Crippen LogP contribution in [0.3, 0.4) is 0 Å². The van der Waals surface area contributed by atoms with Gasteiger partial charge in [0, 0.05) is 44.0 Å². The van der Waals surface area contributed by atoms with Crippen molar-refractivity contribution >= 4 is 23.3 Å². The molecule has 1 saturated heterocycles. The Morgan fingerprint density at radius 3 is 2.12 bits per heavy atom. The maximum Gasteiger partial charge on any atom is 0.257 e. The Balaban J connectivity index is 1.17. The summed E-state index contributed by atoms with van der Waals surface area (Å²) in [6, 6.07) is 21.6. The predicted molar refractivity (Wildman–Crippen MR) is 126 cm³/mol. The second-order valence-electron chi connectivity index (χ2n) is 8.39. The Labute approximate surface area is 187 Å². The van der Waals surface area contributed by atoms with Gasteiger partial charge < -0.3 is 15.1 Å². The van der Waals surface area contributed by atoms with Gasteiger partial charge in [0.05, 0.1) is 5.56 Å². The van der Waals surface area contributed by atoms with Crippen molar-refractivity contribution in [3.8, 4) is 11.1 Å². The van der Waals surface area contributed by atoms with Crippen LogP contribution in [0.2, 0.25) is 0 Å². The second-order valence-corrected chi connectivity index (χ2v) is 8.39. The van der Waals surface area contributed by atoms with Crippen molar-refractivity contribution in [3.05, 3.63) is 78.5 Å². The van der Waals surface area contributed by atoms with Crippen LogP contribution >= 0.6 is 0 Å². The fourth-order valence-corrected chi connectivity index (χ4v) is 4.03. The Morgan fingerprint density at radius 2 is 1.50 bits per heavy atom. The van der Waals surface area contributed by atoms with Crippen molar-refractivity contribution in [2.45, 2.75) is 12.8 Å². The largest absolute Gasteiger partial charge is 0.353 e. The first-order valence-electron chi connectivity index (χ1n) is 11.1. The number of nitrogens with one attached hydrogen (secondary N) is 1. The molecule has 0 atom stereocenters.